The molecule has 0 bridgehead atoms. The van der Waals surface area contributed by atoms with Crippen LogP contribution in [0.5, 0.6) is 0 Å². The molecule has 0 unspecified atom stereocenters. The molecule has 0 aliphatic heterocycles. The Kier molecular flexibility index (Phi) is 53.7. The zero-order valence-corrected chi connectivity index (χ0v) is 15.9. The quantitative estimate of drug-likeness (QED) is 0.620. The summed E-state index contributed by atoms with van der Waals surface area (Å²) in [5, 5.41) is 15.4. The van der Waals surface area contributed by atoms with Gasteiger partial charge in [-0.25, -0.2) is 0 Å². The molecule has 10 heteroatoms. The first-order chi connectivity index (χ1) is 6.79. The van der Waals surface area contributed by atoms with Crippen LogP contribution in [0.1, 0.15) is 20.3 Å². The number of rotatable bonds is 1. The van der Waals surface area contributed by atoms with Gasteiger partial charge in [-0.1, -0.05) is 6.92 Å². The van der Waals surface area contributed by atoms with Gasteiger partial charge in [0.25, 0.3) is 0 Å². The van der Waals surface area contributed by atoms with Gasteiger partial charge in [-0.2, -0.15) is 0 Å². The van der Waals surface area contributed by atoms with Crippen molar-refractivity contribution in [2.45, 2.75) is 20.3 Å². The number of hydrogen-bond donors (Lipinski definition) is 2. The molecule has 0 atom stereocenters. The fraction of sp³-hybridized carbons (Fsp3) is 1.00. The topological polar surface area (TPSA) is 40.5 Å². The standard InChI is InChI=1S/C3H8O.C2H6O.6ClH.2Ti/c1-2-3-4;1-2-3;;;;;;;;/h4H,2-3H2,1H3;3H,2H2,1H3;6*1H;;/q;;;;;;;;2*+3/p-6. The van der Waals surface area contributed by atoms with Crippen LogP contribution in [0.15, 0.2) is 0 Å². The number of aliphatic hydroxyl groups is 2. The normalized spacial score (nSPS) is 6.80. The molecular formula is C5H14Cl6O2Ti2. The van der Waals surface area contributed by atoms with Gasteiger partial charge in [0.15, 0.2) is 0 Å². The first kappa shape index (κ1) is 26.6. The molecule has 96 valence electrons. The van der Waals surface area contributed by atoms with Crippen molar-refractivity contribution < 1.29 is 39.6 Å². The van der Waals surface area contributed by atoms with E-state index >= 15 is 0 Å². The zero-order valence-electron chi connectivity index (χ0n) is 8.28. The van der Waals surface area contributed by atoms with Crippen molar-refractivity contribution in [3.05, 3.63) is 0 Å². The molecule has 0 saturated carbocycles. The van der Waals surface area contributed by atoms with Crippen LogP contribution in [-0.2, 0) is 29.4 Å². The maximum atomic E-state index is 7.88. The van der Waals surface area contributed by atoms with E-state index in [0.29, 0.717) is 6.61 Å². The van der Waals surface area contributed by atoms with Crippen molar-refractivity contribution >= 4 is 55.8 Å². The van der Waals surface area contributed by atoms with Gasteiger partial charge in [-0.15, -0.1) is 0 Å². The molecule has 0 fully saturated rings. The summed E-state index contributed by atoms with van der Waals surface area (Å²) in [6, 6.07) is 0. The van der Waals surface area contributed by atoms with E-state index in [1.54, 1.807) is 6.92 Å². The molecule has 0 spiro atoms. The Labute approximate surface area is 127 Å². The van der Waals surface area contributed by atoms with Crippen molar-refractivity contribution in [2.24, 2.45) is 0 Å². The predicted octanol–water partition coefficient (Wildman–Crippen LogP) is 4.52. The SMILES string of the molecule is CCCO.CCO.[Cl][Ti]([Cl])[Cl].[Cl][Ti]([Cl])[Cl]. The summed E-state index contributed by atoms with van der Waals surface area (Å²) in [4.78, 5) is 0. The Hall–Kier alpha value is 3.09. The van der Waals surface area contributed by atoms with Crippen LogP contribution in [0.4, 0.5) is 0 Å². The third kappa shape index (κ3) is 233. The van der Waals surface area contributed by atoms with Crippen molar-refractivity contribution in [3.8, 4) is 0 Å². The van der Waals surface area contributed by atoms with Crippen LogP contribution in [0.3, 0.4) is 0 Å². The van der Waals surface area contributed by atoms with Crippen LogP contribution in [0.25, 0.3) is 0 Å². The van der Waals surface area contributed by atoms with Crippen molar-refractivity contribution in [2.75, 3.05) is 13.2 Å². The van der Waals surface area contributed by atoms with Crippen molar-refractivity contribution in [1.82, 2.24) is 0 Å². The molecular weight excluding hydrogens is 401 g/mol. The monoisotopic (exact) mass is 412 g/mol. The molecule has 0 aromatic rings. The fourth-order valence-corrected chi connectivity index (χ4v) is 0. The van der Waals surface area contributed by atoms with Gasteiger partial charge < -0.3 is 10.2 Å². The van der Waals surface area contributed by atoms with Crippen LogP contribution in [0, 0.1) is 0 Å². The van der Waals surface area contributed by atoms with Gasteiger partial charge in [0, 0.05) is 13.2 Å². The van der Waals surface area contributed by atoms with Crippen LogP contribution < -0.4 is 0 Å². The fourth-order valence-electron chi connectivity index (χ4n) is 0. The summed E-state index contributed by atoms with van der Waals surface area (Å²) < 4.78 is 0. The van der Waals surface area contributed by atoms with E-state index in [4.69, 9.17) is 66.0 Å². The number of hydrogen-bond acceptors (Lipinski definition) is 2. The van der Waals surface area contributed by atoms with Crippen molar-refractivity contribution in [3.63, 3.8) is 0 Å². The Bertz CT molecular complexity index is 67.0. The summed E-state index contributed by atoms with van der Waals surface area (Å²) in [5.41, 5.74) is 0. The third-order valence-electron chi connectivity index (χ3n) is 0.224. The van der Waals surface area contributed by atoms with Crippen molar-refractivity contribution in [1.29, 1.82) is 0 Å². The molecule has 15 heavy (non-hydrogen) atoms. The summed E-state index contributed by atoms with van der Waals surface area (Å²) >= 11 is -3.83. The van der Waals surface area contributed by atoms with Gasteiger partial charge in [0.2, 0.25) is 0 Å². The molecule has 2 N–H and O–H groups in total. The van der Waals surface area contributed by atoms with Crippen LogP contribution in [0.2, 0.25) is 0 Å². The molecule has 0 aromatic heterocycles. The Morgan fingerprint density at radius 1 is 0.800 bits per heavy atom. The minimum atomic E-state index is -1.92. The predicted molar refractivity (Wildman–Crippen MR) is 65.3 cm³/mol. The van der Waals surface area contributed by atoms with E-state index in [1.807, 2.05) is 6.92 Å². The first-order valence-electron chi connectivity index (χ1n) is 3.68. The Morgan fingerprint density at radius 2 is 0.867 bits per heavy atom. The minimum absolute atomic E-state index is 0.250. The Balaban J connectivity index is -0.0000000542. The Morgan fingerprint density at radius 3 is 0.867 bits per heavy atom. The summed E-state index contributed by atoms with van der Waals surface area (Å²) in [5.74, 6) is 0. The summed E-state index contributed by atoms with van der Waals surface area (Å²) in [7, 11) is 29.8. The molecule has 0 aliphatic rings. The molecule has 0 rings (SSSR count). The summed E-state index contributed by atoms with van der Waals surface area (Å²) in [6.45, 7) is 4.18. The van der Waals surface area contributed by atoms with E-state index in [9.17, 15) is 0 Å². The average Bonchev–Trinajstić information content (AvgIpc) is 2.03. The molecule has 0 heterocycles. The molecule has 0 saturated heterocycles. The maximum absolute atomic E-state index is 7.88. The number of halogens is 6. The van der Waals surface area contributed by atoms with E-state index in [2.05, 4.69) is 0 Å². The first-order valence-corrected chi connectivity index (χ1v) is 16.6. The average molecular weight is 415 g/mol. The second-order valence-electron chi connectivity index (χ2n) is 1.47. The second kappa shape index (κ2) is 30.3. The molecule has 0 radical (unpaired) electrons. The van der Waals surface area contributed by atoms with Gasteiger partial charge in [-0.05, 0) is 13.3 Å². The van der Waals surface area contributed by atoms with Crippen LogP contribution >= 0.6 is 55.8 Å². The van der Waals surface area contributed by atoms with E-state index < -0.39 is 29.4 Å². The molecule has 0 aliphatic carbocycles. The van der Waals surface area contributed by atoms with Gasteiger partial charge in [0.1, 0.15) is 0 Å². The third-order valence-corrected chi connectivity index (χ3v) is 0.224. The molecule has 2 nitrogen and oxygen atoms in total. The molecule has 0 aromatic carbocycles. The van der Waals surface area contributed by atoms with E-state index in [-0.39, 0.29) is 6.61 Å². The van der Waals surface area contributed by atoms with E-state index in [1.165, 1.54) is 0 Å². The van der Waals surface area contributed by atoms with Gasteiger partial charge in [-0.3, -0.25) is 0 Å². The second-order valence-corrected chi connectivity index (χ2v) is 16.9. The van der Waals surface area contributed by atoms with Gasteiger partial charge in [0.05, 0.1) is 0 Å². The zero-order chi connectivity index (χ0) is 13.3. The summed E-state index contributed by atoms with van der Waals surface area (Å²) in [6.07, 6.45) is 0.875. The number of aliphatic hydroxyl groups excluding tert-OH is 2. The molecule has 0 amide bonds. The van der Waals surface area contributed by atoms with E-state index in [0.717, 1.165) is 6.42 Å². The van der Waals surface area contributed by atoms with Crippen LogP contribution in [-0.4, -0.2) is 23.4 Å². The van der Waals surface area contributed by atoms with Gasteiger partial charge >= 0.3 is 85.2 Å².